The molecule has 0 bridgehead atoms. The van der Waals surface area contributed by atoms with Crippen LogP contribution < -0.4 is 0 Å². The number of hydrogen-bond acceptors (Lipinski definition) is 3. The summed E-state index contributed by atoms with van der Waals surface area (Å²) in [5.41, 5.74) is 3.75. The molecule has 1 aromatic heterocycles. The standard InChI is InChI=1S/C15H17BrN4O/c1-9-6-11-4-5-13(16)7-12(11)8-20(9)15(21)14-10(2)19(3)18-17-14/h4-5,7,9H,6,8H2,1-3H3. The highest BCUT2D eigenvalue weighted by Crippen LogP contribution is 2.27. The quantitative estimate of drug-likeness (QED) is 0.795. The highest BCUT2D eigenvalue weighted by Gasteiger charge is 2.30. The van der Waals surface area contributed by atoms with Gasteiger partial charge < -0.3 is 4.90 Å². The first-order valence-corrected chi connectivity index (χ1v) is 7.71. The van der Waals surface area contributed by atoms with Crippen molar-refractivity contribution < 1.29 is 4.79 Å². The molecule has 0 saturated heterocycles. The third-order valence-electron chi connectivity index (χ3n) is 4.13. The molecule has 0 radical (unpaired) electrons. The maximum absolute atomic E-state index is 12.7. The van der Waals surface area contributed by atoms with E-state index in [2.05, 4.69) is 51.4 Å². The second-order valence-corrected chi connectivity index (χ2v) is 6.46. The Kier molecular flexibility index (Phi) is 3.57. The average Bonchev–Trinajstić information content (AvgIpc) is 2.78. The van der Waals surface area contributed by atoms with Crippen LogP contribution in [-0.4, -0.2) is 31.8 Å². The van der Waals surface area contributed by atoms with E-state index in [-0.39, 0.29) is 11.9 Å². The number of aryl methyl sites for hydroxylation is 1. The lowest BCUT2D eigenvalue weighted by atomic mass is 9.94. The van der Waals surface area contributed by atoms with Crippen molar-refractivity contribution in [3.05, 3.63) is 45.2 Å². The molecule has 1 aliphatic heterocycles. The molecule has 1 aromatic carbocycles. The van der Waals surface area contributed by atoms with Gasteiger partial charge in [0.05, 0.1) is 5.69 Å². The van der Waals surface area contributed by atoms with Gasteiger partial charge in [-0.15, -0.1) is 5.10 Å². The van der Waals surface area contributed by atoms with Crippen LogP contribution in [0.3, 0.4) is 0 Å². The van der Waals surface area contributed by atoms with Crippen LogP contribution in [0.4, 0.5) is 0 Å². The van der Waals surface area contributed by atoms with Gasteiger partial charge in [0, 0.05) is 24.1 Å². The summed E-state index contributed by atoms with van der Waals surface area (Å²) in [7, 11) is 1.80. The van der Waals surface area contributed by atoms with Gasteiger partial charge in [0.1, 0.15) is 0 Å². The summed E-state index contributed by atoms with van der Waals surface area (Å²) >= 11 is 3.49. The van der Waals surface area contributed by atoms with Crippen LogP contribution in [0.1, 0.15) is 34.2 Å². The van der Waals surface area contributed by atoms with Gasteiger partial charge in [-0.3, -0.25) is 9.48 Å². The van der Waals surface area contributed by atoms with Crippen LogP contribution in [0.2, 0.25) is 0 Å². The molecule has 1 unspecified atom stereocenters. The molecule has 6 heteroatoms. The van der Waals surface area contributed by atoms with Crippen LogP contribution in [0.15, 0.2) is 22.7 Å². The molecular formula is C15H17BrN4O. The molecule has 1 aliphatic rings. The molecule has 110 valence electrons. The van der Waals surface area contributed by atoms with Gasteiger partial charge >= 0.3 is 0 Å². The molecule has 2 aromatic rings. The summed E-state index contributed by atoms with van der Waals surface area (Å²) in [5.74, 6) is -0.0428. The summed E-state index contributed by atoms with van der Waals surface area (Å²) in [5, 5.41) is 7.94. The fourth-order valence-electron chi connectivity index (χ4n) is 2.72. The molecule has 0 aliphatic carbocycles. The molecule has 0 fully saturated rings. The number of benzene rings is 1. The monoisotopic (exact) mass is 348 g/mol. The van der Waals surface area contributed by atoms with Crippen molar-refractivity contribution in [2.24, 2.45) is 7.05 Å². The maximum atomic E-state index is 12.7. The number of carbonyl (C=O) groups is 1. The van der Waals surface area contributed by atoms with E-state index in [9.17, 15) is 4.79 Å². The SMILES string of the molecule is Cc1c(C(=O)N2Cc3cc(Br)ccc3CC2C)nnn1C. The lowest BCUT2D eigenvalue weighted by molar-refractivity contribution is 0.0651. The van der Waals surface area contributed by atoms with Gasteiger partial charge in [-0.25, -0.2) is 0 Å². The third kappa shape index (κ3) is 2.48. The van der Waals surface area contributed by atoms with E-state index in [1.165, 1.54) is 11.1 Å². The van der Waals surface area contributed by atoms with Crippen molar-refractivity contribution >= 4 is 21.8 Å². The Morgan fingerprint density at radius 1 is 1.38 bits per heavy atom. The second kappa shape index (κ2) is 5.26. The molecule has 3 rings (SSSR count). The molecule has 1 atom stereocenters. The number of rotatable bonds is 1. The Labute approximate surface area is 132 Å². The number of nitrogens with zero attached hydrogens (tertiary/aromatic N) is 4. The van der Waals surface area contributed by atoms with Crippen molar-refractivity contribution in [1.29, 1.82) is 0 Å². The number of fused-ring (bicyclic) bond motifs is 1. The normalized spacial score (nSPS) is 17.7. The lowest BCUT2D eigenvalue weighted by Crippen LogP contribution is -2.43. The van der Waals surface area contributed by atoms with Gasteiger partial charge in [0.25, 0.3) is 5.91 Å². The predicted molar refractivity (Wildman–Crippen MR) is 82.9 cm³/mol. The number of carbonyl (C=O) groups excluding carboxylic acids is 1. The first-order chi connectivity index (χ1) is 9.97. The molecule has 5 nitrogen and oxygen atoms in total. The van der Waals surface area contributed by atoms with Gasteiger partial charge in [-0.1, -0.05) is 27.2 Å². The molecule has 0 spiro atoms. The van der Waals surface area contributed by atoms with E-state index in [1.54, 1.807) is 11.7 Å². The summed E-state index contributed by atoms with van der Waals surface area (Å²) in [6.45, 7) is 4.56. The van der Waals surface area contributed by atoms with E-state index in [4.69, 9.17) is 0 Å². The molecule has 21 heavy (non-hydrogen) atoms. The Bertz CT molecular complexity index is 710. The molecular weight excluding hydrogens is 332 g/mol. The lowest BCUT2D eigenvalue weighted by Gasteiger charge is -2.34. The van der Waals surface area contributed by atoms with Crippen LogP contribution in [0.25, 0.3) is 0 Å². The number of halogens is 1. The molecule has 0 saturated carbocycles. The summed E-state index contributed by atoms with van der Waals surface area (Å²) < 4.78 is 2.67. The molecule has 1 amide bonds. The summed E-state index contributed by atoms with van der Waals surface area (Å²) in [6.07, 6.45) is 0.869. The highest BCUT2D eigenvalue weighted by atomic mass is 79.9. The van der Waals surface area contributed by atoms with E-state index < -0.39 is 0 Å². The zero-order valence-corrected chi connectivity index (χ0v) is 13.9. The largest absolute Gasteiger partial charge is 0.330 e. The predicted octanol–water partition coefficient (Wildman–Crippen LogP) is 2.47. The molecule has 0 N–H and O–H groups in total. The minimum atomic E-state index is -0.0428. The summed E-state index contributed by atoms with van der Waals surface area (Å²) in [4.78, 5) is 14.6. The minimum absolute atomic E-state index is 0.0428. The number of amides is 1. The van der Waals surface area contributed by atoms with Crippen molar-refractivity contribution in [2.45, 2.75) is 32.9 Å². The Morgan fingerprint density at radius 3 is 2.81 bits per heavy atom. The first kappa shape index (κ1) is 14.3. The zero-order valence-electron chi connectivity index (χ0n) is 12.3. The third-order valence-corrected chi connectivity index (χ3v) is 4.62. The van der Waals surface area contributed by atoms with E-state index in [0.29, 0.717) is 12.2 Å². The second-order valence-electron chi connectivity index (χ2n) is 5.55. The average molecular weight is 349 g/mol. The van der Waals surface area contributed by atoms with Gasteiger partial charge in [-0.05, 0) is 43.5 Å². The van der Waals surface area contributed by atoms with E-state index in [1.807, 2.05) is 11.8 Å². The van der Waals surface area contributed by atoms with Crippen molar-refractivity contribution in [3.8, 4) is 0 Å². The van der Waals surface area contributed by atoms with E-state index >= 15 is 0 Å². The number of hydrogen-bond donors (Lipinski definition) is 0. The van der Waals surface area contributed by atoms with Crippen LogP contribution in [0, 0.1) is 6.92 Å². The maximum Gasteiger partial charge on any atom is 0.276 e. The molecule has 2 heterocycles. The minimum Gasteiger partial charge on any atom is -0.330 e. The van der Waals surface area contributed by atoms with Crippen LogP contribution in [0.5, 0.6) is 0 Å². The number of aromatic nitrogens is 3. The van der Waals surface area contributed by atoms with Gasteiger partial charge in [0.2, 0.25) is 0 Å². The van der Waals surface area contributed by atoms with Crippen LogP contribution >= 0.6 is 15.9 Å². The van der Waals surface area contributed by atoms with E-state index in [0.717, 1.165) is 16.6 Å². The van der Waals surface area contributed by atoms with Gasteiger partial charge in [-0.2, -0.15) is 0 Å². The highest BCUT2D eigenvalue weighted by molar-refractivity contribution is 9.10. The Hall–Kier alpha value is -1.69. The fraction of sp³-hybridized carbons (Fsp3) is 0.400. The summed E-state index contributed by atoms with van der Waals surface area (Å²) in [6, 6.07) is 6.43. The van der Waals surface area contributed by atoms with Crippen molar-refractivity contribution in [2.75, 3.05) is 0 Å². The van der Waals surface area contributed by atoms with Gasteiger partial charge in [0.15, 0.2) is 5.69 Å². The van der Waals surface area contributed by atoms with Crippen LogP contribution in [-0.2, 0) is 20.0 Å². The smallest absolute Gasteiger partial charge is 0.276 e. The zero-order chi connectivity index (χ0) is 15.1. The van der Waals surface area contributed by atoms with Crippen molar-refractivity contribution in [1.82, 2.24) is 19.9 Å². The van der Waals surface area contributed by atoms with Crippen molar-refractivity contribution in [3.63, 3.8) is 0 Å². The Morgan fingerprint density at radius 2 is 2.14 bits per heavy atom. The topological polar surface area (TPSA) is 51.0 Å². The Balaban J connectivity index is 1.93. The first-order valence-electron chi connectivity index (χ1n) is 6.92. The fourth-order valence-corrected chi connectivity index (χ4v) is 3.13.